The summed E-state index contributed by atoms with van der Waals surface area (Å²) in [4.78, 5) is 16.5. The van der Waals surface area contributed by atoms with E-state index in [9.17, 15) is 4.79 Å². The molecule has 1 aliphatic rings. The van der Waals surface area contributed by atoms with Gasteiger partial charge in [0.15, 0.2) is 0 Å². The van der Waals surface area contributed by atoms with Crippen molar-refractivity contribution in [1.82, 2.24) is 4.98 Å². The van der Waals surface area contributed by atoms with Gasteiger partial charge in [0.1, 0.15) is 5.82 Å². The fraction of sp³-hybridized carbons (Fsp3) is 0.400. The standard InChI is InChI=1S/C20H25N3O/c24-20(14-16-8-4-3-5-9-16)23-18-12-13-19(21-15-18)22-17-10-6-1-2-7-11-17/h3-5,8-9,12-13,15,17H,1-2,6-7,10-11,14H2,(H,21,22)(H,23,24). The zero-order valence-corrected chi connectivity index (χ0v) is 14.0. The molecule has 1 aromatic heterocycles. The quantitative estimate of drug-likeness (QED) is 0.802. The Morgan fingerprint density at radius 3 is 2.42 bits per heavy atom. The molecule has 0 radical (unpaired) electrons. The van der Waals surface area contributed by atoms with Gasteiger partial charge in [0.2, 0.25) is 5.91 Å². The molecule has 4 nitrogen and oxygen atoms in total. The number of carbonyl (C=O) groups excluding carboxylic acids is 1. The van der Waals surface area contributed by atoms with Crippen LogP contribution in [0.4, 0.5) is 11.5 Å². The van der Waals surface area contributed by atoms with Gasteiger partial charge in [-0.2, -0.15) is 0 Å². The molecule has 0 bridgehead atoms. The zero-order chi connectivity index (χ0) is 16.6. The van der Waals surface area contributed by atoms with Gasteiger partial charge in [-0.05, 0) is 30.5 Å². The second-order valence-electron chi connectivity index (χ2n) is 6.48. The lowest BCUT2D eigenvalue weighted by Gasteiger charge is -2.17. The predicted octanol–water partition coefficient (Wildman–Crippen LogP) is 4.40. The largest absolute Gasteiger partial charge is 0.367 e. The molecular formula is C20H25N3O. The van der Waals surface area contributed by atoms with E-state index >= 15 is 0 Å². The third-order valence-corrected chi connectivity index (χ3v) is 4.46. The molecule has 0 saturated heterocycles. The van der Waals surface area contributed by atoms with Crippen LogP contribution in [0.3, 0.4) is 0 Å². The van der Waals surface area contributed by atoms with Crippen LogP contribution in [0.2, 0.25) is 0 Å². The minimum absolute atomic E-state index is 0.0209. The van der Waals surface area contributed by atoms with Gasteiger partial charge in [0.25, 0.3) is 0 Å². The first-order valence-corrected chi connectivity index (χ1v) is 8.86. The summed E-state index contributed by atoms with van der Waals surface area (Å²) in [5.74, 6) is 0.871. The maximum absolute atomic E-state index is 12.1. The van der Waals surface area contributed by atoms with Gasteiger partial charge in [-0.15, -0.1) is 0 Å². The lowest BCUT2D eigenvalue weighted by molar-refractivity contribution is -0.115. The number of rotatable bonds is 5. The van der Waals surface area contributed by atoms with Crippen molar-refractivity contribution >= 4 is 17.4 Å². The molecule has 0 spiro atoms. The topological polar surface area (TPSA) is 54.0 Å². The predicted molar refractivity (Wildman–Crippen MR) is 98.1 cm³/mol. The number of aromatic nitrogens is 1. The van der Waals surface area contributed by atoms with Crippen molar-refractivity contribution in [3.8, 4) is 0 Å². The molecule has 1 aliphatic carbocycles. The van der Waals surface area contributed by atoms with Gasteiger partial charge in [-0.25, -0.2) is 4.98 Å². The summed E-state index contributed by atoms with van der Waals surface area (Å²) in [5.41, 5.74) is 1.75. The summed E-state index contributed by atoms with van der Waals surface area (Å²) in [6.45, 7) is 0. The lowest BCUT2D eigenvalue weighted by atomic mass is 10.1. The third-order valence-electron chi connectivity index (χ3n) is 4.46. The highest BCUT2D eigenvalue weighted by molar-refractivity contribution is 5.92. The van der Waals surface area contributed by atoms with Crippen molar-refractivity contribution in [2.45, 2.75) is 51.0 Å². The second-order valence-corrected chi connectivity index (χ2v) is 6.48. The van der Waals surface area contributed by atoms with Gasteiger partial charge in [0, 0.05) is 6.04 Å². The van der Waals surface area contributed by atoms with E-state index in [-0.39, 0.29) is 5.91 Å². The van der Waals surface area contributed by atoms with Crippen molar-refractivity contribution in [3.63, 3.8) is 0 Å². The van der Waals surface area contributed by atoms with Crippen LogP contribution in [0.1, 0.15) is 44.1 Å². The monoisotopic (exact) mass is 323 g/mol. The van der Waals surface area contributed by atoms with E-state index in [0.29, 0.717) is 12.5 Å². The molecule has 1 saturated carbocycles. The van der Waals surface area contributed by atoms with E-state index in [1.54, 1.807) is 6.20 Å². The summed E-state index contributed by atoms with van der Waals surface area (Å²) >= 11 is 0. The molecule has 1 amide bonds. The van der Waals surface area contributed by atoms with Crippen molar-refractivity contribution in [3.05, 3.63) is 54.2 Å². The molecule has 0 aliphatic heterocycles. The molecule has 0 atom stereocenters. The smallest absolute Gasteiger partial charge is 0.228 e. The number of nitrogens with one attached hydrogen (secondary N) is 2. The summed E-state index contributed by atoms with van der Waals surface area (Å²) in [6, 6.07) is 14.1. The van der Waals surface area contributed by atoms with Crippen LogP contribution in [0.15, 0.2) is 48.7 Å². The molecule has 2 N–H and O–H groups in total. The molecule has 1 fully saturated rings. The Morgan fingerprint density at radius 2 is 1.75 bits per heavy atom. The first-order valence-electron chi connectivity index (χ1n) is 8.86. The number of carbonyl (C=O) groups is 1. The molecule has 24 heavy (non-hydrogen) atoms. The molecule has 1 aromatic carbocycles. The fourth-order valence-corrected chi connectivity index (χ4v) is 3.17. The second kappa shape index (κ2) is 8.48. The van der Waals surface area contributed by atoms with E-state index in [2.05, 4.69) is 15.6 Å². The van der Waals surface area contributed by atoms with Gasteiger partial charge in [0.05, 0.1) is 18.3 Å². The Balaban J connectivity index is 1.51. The molecule has 0 unspecified atom stereocenters. The van der Waals surface area contributed by atoms with E-state index in [1.807, 2.05) is 42.5 Å². The van der Waals surface area contributed by atoms with Gasteiger partial charge >= 0.3 is 0 Å². The van der Waals surface area contributed by atoms with Crippen LogP contribution in [-0.2, 0) is 11.2 Å². The third kappa shape index (κ3) is 5.08. The molecule has 4 heteroatoms. The SMILES string of the molecule is O=C(Cc1ccccc1)Nc1ccc(NC2CCCCCC2)nc1. The molecule has 126 valence electrons. The minimum atomic E-state index is -0.0209. The number of nitrogens with zero attached hydrogens (tertiary/aromatic N) is 1. The lowest BCUT2D eigenvalue weighted by Crippen LogP contribution is -2.19. The molecule has 3 rings (SSSR count). The van der Waals surface area contributed by atoms with Gasteiger partial charge < -0.3 is 10.6 Å². The van der Waals surface area contributed by atoms with Crippen LogP contribution in [0, 0.1) is 0 Å². The number of pyridine rings is 1. The van der Waals surface area contributed by atoms with Crippen molar-refractivity contribution < 1.29 is 4.79 Å². The number of anilines is 2. The van der Waals surface area contributed by atoms with E-state index < -0.39 is 0 Å². The molecular weight excluding hydrogens is 298 g/mol. The van der Waals surface area contributed by atoms with Crippen molar-refractivity contribution in [1.29, 1.82) is 0 Å². The van der Waals surface area contributed by atoms with Crippen LogP contribution < -0.4 is 10.6 Å². The van der Waals surface area contributed by atoms with Crippen LogP contribution in [0.5, 0.6) is 0 Å². The van der Waals surface area contributed by atoms with Crippen LogP contribution >= 0.6 is 0 Å². The highest BCUT2D eigenvalue weighted by Crippen LogP contribution is 2.20. The van der Waals surface area contributed by atoms with E-state index in [4.69, 9.17) is 0 Å². The summed E-state index contributed by atoms with van der Waals surface area (Å²) < 4.78 is 0. The Morgan fingerprint density at radius 1 is 1.00 bits per heavy atom. The first kappa shape index (κ1) is 16.5. The Hall–Kier alpha value is -2.36. The number of hydrogen-bond donors (Lipinski definition) is 2. The highest BCUT2D eigenvalue weighted by atomic mass is 16.1. The summed E-state index contributed by atoms with van der Waals surface area (Å²) in [5, 5.41) is 6.42. The van der Waals surface area contributed by atoms with E-state index in [1.165, 1.54) is 38.5 Å². The number of amides is 1. The van der Waals surface area contributed by atoms with E-state index in [0.717, 1.165) is 17.1 Å². The zero-order valence-electron chi connectivity index (χ0n) is 14.0. The Kier molecular flexibility index (Phi) is 5.83. The van der Waals surface area contributed by atoms with Crippen LogP contribution in [0.25, 0.3) is 0 Å². The highest BCUT2D eigenvalue weighted by Gasteiger charge is 2.12. The maximum atomic E-state index is 12.1. The average Bonchev–Trinajstić information content (AvgIpc) is 2.86. The first-order chi connectivity index (χ1) is 11.8. The summed E-state index contributed by atoms with van der Waals surface area (Å²) in [6.07, 6.45) is 9.83. The fourth-order valence-electron chi connectivity index (χ4n) is 3.17. The van der Waals surface area contributed by atoms with Gasteiger partial charge in [-0.3, -0.25) is 4.79 Å². The van der Waals surface area contributed by atoms with Crippen molar-refractivity contribution in [2.24, 2.45) is 0 Å². The minimum Gasteiger partial charge on any atom is -0.367 e. The van der Waals surface area contributed by atoms with Crippen LogP contribution in [-0.4, -0.2) is 16.9 Å². The Labute approximate surface area is 143 Å². The van der Waals surface area contributed by atoms with Gasteiger partial charge in [-0.1, -0.05) is 56.0 Å². The molecule has 1 heterocycles. The summed E-state index contributed by atoms with van der Waals surface area (Å²) in [7, 11) is 0. The normalized spacial score (nSPS) is 15.5. The number of benzene rings is 1. The van der Waals surface area contributed by atoms with Crippen molar-refractivity contribution in [2.75, 3.05) is 10.6 Å². The average molecular weight is 323 g/mol. The maximum Gasteiger partial charge on any atom is 0.228 e. The number of hydrogen-bond acceptors (Lipinski definition) is 3. The molecule has 2 aromatic rings. The Bertz CT molecular complexity index is 632.